The molecule has 0 aromatic heterocycles. The van der Waals surface area contributed by atoms with Crippen LogP contribution in [-0.2, 0) is 0 Å². The Balaban J connectivity index is -0.000000670. The number of aliphatic hydroxyl groups is 1. The zero-order valence-electron chi connectivity index (χ0n) is 37.0. The predicted molar refractivity (Wildman–Crippen MR) is 233 cm³/mol. The second kappa shape index (κ2) is 33.6. The van der Waals surface area contributed by atoms with Crippen LogP contribution in [-0.4, -0.2) is 48.3 Å². The quantitative estimate of drug-likeness (QED) is 0.138. The SMILES string of the molecule is C/C=C\N(C)C(C)C(C)=N/C=C(\C)c1ccc(OC)c(C)c1.CC.CC(=O)c1ccc(C)cc1C.CCCC(C)CCC.CCCCC(CC)CO. The Labute approximate surface area is 323 Å². The largest absolute Gasteiger partial charge is 0.496 e. The number of nitrogens with zero attached hydrogens (tertiary/aromatic N) is 2. The van der Waals surface area contributed by atoms with Crippen LogP contribution < -0.4 is 4.74 Å². The summed E-state index contributed by atoms with van der Waals surface area (Å²) in [5.74, 6) is 2.58. The van der Waals surface area contributed by atoms with Crippen molar-refractivity contribution in [2.75, 3.05) is 20.8 Å². The number of hydrogen-bond acceptors (Lipinski definition) is 5. The number of ether oxygens (including phenoxy) is 1. The molecule has 0 amide bonds. The Morgan fingerprint density at radius 3 is 1.90 bits per heavy atom. The molecule has 2 unspecified atom stereocenters. The van der Waals surface area contributed by atoms with Gasteiger partial charge in [-0.1, -0.05) is 129 Å². The third-order valence-corrected chi connectivity index (χ3v) is 9.04. The zero-order valence-corrected chi connectivity index (χ0v) is 37.0. The number of Topliss-reactive ketones (excluding diaryl/α,β-unsaturated/α-hetero) is 1. The molecule has 0 heterocycles. The lowest BCUT2D eigenvalue weighted by Crippen LogP contribution is -2.30. The Morgan fingerprint density at radius 2 is 1.48 bits per heavy atom. The molecular formula is C47H82N2O3. The highest BCUT2D eigenvalue weighted by atomic mass is 16.5. The summed E-state index contributed by atoms with van der Waals surface area (Å²) >= 11 is 0. The standard InChI is InChI=1S/C19H28N2O.C10H12O.C8H18O.C8H18.C2H6/c1-8-11-21(6)17(5)16(4)20-13-15(3)18-9-10-19(22-7)14(2)12-18;1-7-4-5-10(9(3)11)8(2)6-7;1-3-5-6-8(4-2)7-9;1-4-6-8(3)7-5-2;1-2/h8-13,17H,1-7H3;4-6H,1-3H3;8-9H,3-7H2,1-2H3;8H,4-7H2,1-3H3;1-2H3/b11-8-,15-13+,20-16?;;;;. The molecule has 2 aromatic rings. The van der Waals surface area contributed by atoms with Crippen molar-refractivity contribution in [1.29, 1.82) is 0 Å². The number of allylic oxidation sites excluding steroid dienone is 2. The van der Waals surface area contributed by atoms with Crippen molar-refractivity contribution in [2.24, 2.45) is 16.8 Å². The smallest absolute Gasteiger partial charge is 0.160 e. The molecule has 2 atom stereocenters. The third kappa shape index (κ3) is 24.9. The van der Waals surface area contributed by atoms with E-state index in [0.29, 0.717) is 12.5 Å². The molecule has 5 nitrogen and oxygen atoms in total. The Morgan fingerprint density at radius 1 is 0.885 bits per heavy atom. The number of carbonyl (C=O) groups is 1. The normalized spacial score (nSPS) is 12.2. The van der Waals surface area contributed by atoms with Crippen LogP contribution in [0.4, 0.5) is 0 Å². The number of carbonyl (C=O) groups excluding carboxylic acids is 1. The molecule has 2 aromatic carbocycles. The predicted octanol–water partition coefficient (Wildman–Crippen LogP) is 13.6. The monoisotopic (exact) mass is 723 g/mol. The van der Waals surface area contributed by atoms with Crippen molar-refractivity contribution in [2.45, 2.75) is 161 Å². The molecule has 0 saturated heterocycles. The van der Waals surface area contributed by atoms with Crippen molar-refractivity contribution in [1.82, 2.24) is 4.90 Å². The third-order valence-electron chi connectivity index (χ3n) is 9.04. The summed E-state index contributed by atoms with van der Waals surface area (Å²) in [4.78, 5) is 17.8. The number of aliphatic imine (C=N–C) groups is 1. The summed E-state index contributed by atoms with van der Waals surface area (Å²) in [5.41, 5.74) is 7.63. The topological polar surface area (TPSA) is 62.1 Å². The van der Waals surface area contributed by atoms with Crippen LogP contribution in [0, 0.1) is 32.6 Å². The maximum absolute atomic E-state index is 11.0. The number of benzene rings is 2. The lowest BCUT2D eigenvalue weighted by Gasteiger charge is -2.22. The summed E-state index contributed by atoms with van der Waals surface area (Å²) in [6, 6.07) is 12.3. The number of ketones is 1. The average Bonchev–Trinajstić information content (AvgIpc) is 3.12. The molecule has 0 aliphatic heterocycles. The van der Waals surface area contributed by atoms with Crippen LogP contribution in [0.15, 0.2) is 59.9 Å². The van der Waals surface area contributed by atoms with Gasteiger partial charge < -0.3 is 14.7 Å². The molecule has 0 saturated carbocycles. The van der Waals surface area contributed by atoms with Gasteiger partial charge in [0.25, 0.3) is 0 Å². The molecule has 52 heavy (non-hydrogen) atoms. The molecule has 5 heteroatoms. The minimum Gasteiger partial charge on any atom is -0.496 e. The van der Waals surface area contributed by atoms with Crippen molar-refractivity contribution in [3.05, 3.63) is 82.7 Å². The minimum atomic E-state index is 0.141. The van der Waals surface area contributed by atoms with E-state index in [0.717, 1.165) is 46.1 Å². The molecule has 0 bridgehead atoms. The van der Waals surface area contributed by atoms with Gasteiger partial charge >= 0.3 is 0 Å². The van der Waals surface area contributed by atoms with E-state index in [-0.39, 0.29) is 11.8 Å². The fourth-order valence-corrected chi connectivity index (χ4v) is 5.42. The van der Waals surface area contributed by atoms with Crippen molar-refractivity contribution in [3.63, 3.8) is 0 Å². The fraction of sp³-hybridized carbons (Fsp3) is 0.617. The fourth-order valence-electron chi connectivity index (χ4n) is 5.42. The van der Waals surface area contributed by atoms with E-state index in [4.69, 9.17) is 9.84 Å². The van der Waals surface area contributed by atoms with Gasteiger partial charge in [0.1, 0.15) is 5.75 Å². The molecule has 0 radical (unpaired) electrons. The highest BCUT2D eigenvalue weighted by Crippen LogP contribution is 2.23. The van der Waals surface area contributed by atoms with Gasteiger partial charge in [0.15, 0.2) is 5.78 Å². The van der Waals surface area contributed by atoms with E-state index >= 15 is 0 Å². The van der Waals surface area contributed by atoms with E-state index in [1.54, 1.807) is 14.0 Å². The molecule has 0 spiro atoms. The average molecular weight is 723 g/mol. The Hall–Kier alpha value is -3.18. The molecule has 0 aliphatic rings. The Kier molecular flexibility index (Phi) is 34.4. The highest BCUT2D eigenvalue weighted by molar-refractivity contribution is 5.95. The molecule has 0 fully saturated rings. The second-order valence-corrected chi connectivity index (χ2v) is 13.7. The molecule has 2 rings (SSSR count). The van der Waals surface area contributed by atoms with E-state index in [9.17, 15) is 4.79 Å². The first-order valence-electron chi connectivity index (χ1n) is 20.1. The first kappa shape index (κ1) is 53.2. The van der Waals surface area contributed by atoms with Crippen molar-refractivity contribution in [3.8, 4) is 5.75 Å². The molecule has 298 valence electrons. The zero-order chi connectivity index (χ0) is 40.6. The lowest BCUT2D eigenvalue weighted by molar-refractivity contribution is 0.101. The van der Waals surface area contributed by atoms with Crippen LogP contribution in [0.3, 0.4) is 0 Å². The summed E-state index contributed by atoms with van der Waals surface area (Å²) in [6.45, 7) is 31.5. The van der Waals surface area contributed by atoms with Gasteiger partial charge in [-0.2, -0.15) is 0 Å². The van der Waals surface area contributed by atoms with Gasteiger partial charge in [0, 0.05) is 31.1 Å². The van der Waals surface area contributed by atoms with E-state index in [2.05, 4.69) is 97.6 Å². The van der Waals surface area contributed by atoms with Gasteiger partial charge in [-0.15, -0.1) is 0 Å². The van der Waals surface area contributed by atoms with Crippen molar-refractivity contribution < 1.29 is 14.6 Å². The lowest BCUT2D eigenvalue weighted by atomic mass is 10.0. The van der Waals surface area contributed by atoms with Gasteiger partial charge in [0.2, 0.25) is 0 Å². The second-order valence-electron chi connectivity index (χ2n) is 13.7. The first-order valence-corrected chi connectivity index (χ1v) is 20.1. The molecular weight excluding hydrogens is 641 g/mol. The maximum atomic E-state index is 11.0. The van der Waals surface area contributed by atoms with Crippen LogP contribution in [0.25, 0.3) is 5.57 Å². The van der Waals surface area contributed by atoms with Crippen LogP contribution in [0.1, 0.15) is 167 Å². The number of hydrogen-bond donors (Lipinski definition) is 1. The van der Waals surface area contributed by atoms with E-state index < -0.39 is 0 Å². The van der Waals surface area contributed by atoms with Gasteiger partial charge in [-0.3, -0.25) is 9.79 Å². The molecule has 1 N–H and O–H groups in total. The van der Waals surface area contributed by atoms with Crippen molar-refractivity contribution >= 4 is 17.1 Å². The summed E-state index contributed by atoms with van der Waals surface area (Å²) < 4.78 is 5.30. The number of aryl methyl sites for hydroxylation is 3. The van der Waals surface area contributed by atoms with Crippen LogP contribution in [0.2, 0.25) is 0 Å². The first-order chi connectivity index (χ1) is 24.7. The summed E-state index contributed by atoms with van der Waals surface area (Å²) in [6.07, 6.45) is 16.4. The van der Waals surface area contributed by atoms with Gasteiger partial charge in [0.05, 0.1) is 13.2 Å². The van der Waals surface area contributed by atoms with E-state index in [1.165, 1.54) is 56.1 Å². The number of aliphatic hydroxyl groups excluding tert-OH is 1. The minimum absolute atomic E-state index is 0.141. The number of rotatable bonds is 16. The van der Waals surface area contributed by atoms with Crippen LogP contribution >= 0.6 is 0 Å². The molecule has 0 aliphatic carbocycles. The van der Waals surface area contributed by atoms with Crippen LogP contribution in [0.5, 0.6) is 5.75 Å². The Bertz CT molecular complexity index is 1270. The number of unbranched alkanes of at least 4 members (excludes halogenated alkanes) is 1. The van der Waals surface area contributed by atoms with E-state index in [1.807, 2.05) is 71.2 Å². The summed E-state index contributed by atoms with van der Waals surface area (Å²) in [5, 5.41) is 8.75. The maximum Gasteiger partial charge on any atom is 0.160 e. The summed E-state index contributed by atoms with van der Waals surface area (Å²) in [7, 11) is 3.76. The number of methoxy groups -OCH3 is 1. The van der Waals surface area contributed by atoms with Gasteiger partial charge in [-0.05, 0) is 114 Å². The van der Waals surface area contributed by atoms with Gasteiger partial charge in [-0.25, -0.2) is 0 Å². The highest BCUT2D eigenvalue weighted by Gasteiger charge is 2.08.